The summed E-state index contributed by atoms with van der Waals surface area (Å²) in [5, 5.41) is 8.93. The molecule has 6 heteroatoms. The number of carbonyl (C=O) groups excluding carboxylic acids is 1. The van der Waals surface area contributed by atoms with E-state index in [0.717, 1.165) is 50.7 Å². The molecule has 0 spiro atoms. The molecular weight excluding hydrogens is 302 g/mol. The number of hydrogen-bond donors (Lipinski definition) is 0. The largest absolute Gasteiger partial charge is 0.340 e. The third-order valence-electron chi connectivity index (χ3n) is 6.16. The molecule has 1 saturated carbocycles. The van der Waals surface area contributed by atoms with E-state index >= 15 is 0 Å². The number of aromatic nitrogens is 3. The molecule has 24 heavy (non-hydrogen) atoms. The highest BCUT2D eigenvalue weighted by atomic mass is 16.2. The molecule has 3 heterocycles. The maximum atomic E-state index is 12.6. The summed E-state index contributed by atoms with van der Waals surface area (Å²) in [5.74, 6) is 3.14. The lowest BCUT2D eigenvalue weighted by molar-refractivity contribution is -0.132. The molecule has 0 N–H and O–H groups in total. The molecule has 1 atom stereocenters. The topological polar surface area (TPSA) is 54.3 Å². The van der Waals surface area contributed by atoms with Gasteiger partial charge < -0.3 is 9.47 Å². The Balaban J connectivity index is 1.42. The van der Waals surface area contributed by atoms with Crippen molar-refractivity contribution in [3.63, 3.8) is 0 Å². The molecule has 2 aliphatic heterocycles. The van der Waals surface area contributed by atoms with Gasteiger partial charge >= 0.3 is 0 Å². The Hall–Kier alpha value is -1.43. The van der Waals surface area contributed by atoms with Crippen LogP contribution in [-0.2, 0) is 17.8 Å². The summed E-state index contributed by atoms with van der Waals surface area (Å²) >= 11 is 0. The minimum atomic E-state index is 0.347. The Labute approximate surface area is 144 Å². The van der Waals surface area contributed by atoms with E-state index < -0.39 is 0 Å². The van der Waals surface area contributed by atoms with E-state index in [1.54, 1.807) is 0 Å². The van der Waals surface area contributed by atoms with Crippen molar-refractivity contribution in [1.29, 1.82) is 0 Å². The number of rotatable bonds is 3. The fourth-order valence-corrected chi connectivity index (χ4v) is 4.67. The molecule has 132 valence electrons. The lowest BCUT2D eigenvalue weighted by Crippen LogP contribution is -2.34. The van der Waals surface area contributed by atoms with Gasteiger partial charge in [0.2, 0.25) is 5.91 Å². The van der Waals surface area contributed by atoms with Gasteiger partial charge in [-0.25, -0.2) is 0 Å². The average Bonchev–Trinajstić information content (AvgIpc) is 3.27. The van der Waals surface area contributed by atoms with Crippen LogP contribution >= 0.6 is 0 Å². The first-order valence-corrected chi connectivity index (χ1v) is 9.62. The highest BCUT2D eigenvalue weighted by molar-refractivity contribution is 5.76. The fraction of sp³-hybridized carbons (Fsp3) is 0.833. The zero-order chi connectivity index (χ0) is 16.5. The number of hydrogen-bond acceptors (Lipinski definition) is 4. The molecule has 1 aliphatic carbocycles. The Kier molecular flexibility index (Phi) is 4.57. The van der Waals surface area contributed by atoms with Crippen molar-refractivity contribution in [3.05, 3.63) is 11.6 Å². The normalized spacial score (nSPS) is 25.9. The molecule has 0 radical (unpaired) electrons. The summed E-state index contributed by atoms with van der Waals surface area (Å²) in [7, 11) is 2.17. The predicted molar refractivity (Wildman–Crippen MR) is 91.5 cm³/mol. The van der Waals surface area contributed by atoms with Gasteiger partial charge in [-0.2, -0.15) is 0 Å². The molecule has 1 saturated heterocycles. The summed E-state index contributed by atoms with van der Waals surface area (Å²) in [6.07, 6.45) is 9.06. The van der Waals surface area contributed by atoms with Crippen molar-refractivity contribution in [2.45, 2.75) is 64.0 Å². The lowest BCUT2D eigenvalue weighted by Gasteiger charge is -2.23. The van der Waals surface area contributed by atoms with E-state index in [0.29, 0.717) is 17.9 Å². The van der Waals surface area contributed by atoms with Gasteiger partial charge in [0.1, 0.15) is 11.6 Å². The first kappa shape index (κ1) is 16.1. The number of nitrogens with zero attached hydrogens (tertiary/aromatic N) is 5. The molecule has 1 aromatic rings. The third kappa shape index (κ3) is 3.08. The molecule has 3 aliphatic rings. The van der Waals surface area contributed by atoms with Crippen LogP contribution in [0.2, 0.25) is 0 Å². The second-order valence-electron chi connectivity index (χ2n) is 7.75. The molecule has 0 bridgehead atoms. The first-order valence-electron chi connectivity index (χ1n) is 9.62. The Morgan fingerprint density at radius 1 is 1.04 bits per heavy atom. The zero-order valence-corrected chi connectivity index (χ0v) is 14.8. The predicted octanol–water partition coefficient (Wildman–Crippen LogP) is 2.01. The molecule has 4 rings (SSSR count). The highest BCUT2D eigenvalue weighted by Crippen LogP contribution is 2.31. The van der Waals surface area contributed by atoms with Crippen molar-refractivity contribution < 1.29 is 4.79 Å². The van der Waals surface area contributed by atoms with Crippen molar-refractivity contribution in [1.82, 2.24) is 24.6 Å². The summed E-state index contributed by atoms with van der Waals surface area (Å²) in [6, 6.07) is 0.395. The maximum Gasteiger partial charge on any atom is 0.222 e. The van der Waals surface area contributed by atoms with Crippen LogP contribution in [0.25, 0.3) is 0 Å². The van der Waals surface area contributed by atoms with Gasteiger partial charge in [-0.05, 0) is 45.2 Å². The molecule has 1 aromatic heterocycles. The first-order chi connectivity index (χ1) is 11.7. The summed E-state index contributed by atoms with van der Waals surface area (Å²) in [6.45, 7) is 3.58. The standard InChI is InChI=1S/C18H29N5O/c1-21-9-4-7-15(21)18-20-19-16-8-10-22(11-12-23(16)18)17(24)13-14-5-2-3-6-14/h14-15H,2-13H2,1H3/t15-/m0/s1. The van der Waals surface area contributed by atoms with Crippen LogP contribution in [0, 0.1) is 5.92 Å². The molecule has 2 fully saturated rings. The van der Waals surface area contributed by atoms with Gasteiger partial charge in [-0.15, -0.1) is 10.2 Å². The molecule has 0 unspecified atom stereocenters. The van der Waals surface area contributed by atoms with E-state index in [2.05, 4.69) is 31.6 Å². The number of carbonyl (C=O) groups is 1. The minimum Gasteiger partial charge on any atom is -0.340 e. The van der Waals surface area contributed by atoms with Crippen LogP contribution < -0.4 is 0 Å². The molecular formula is C18H29N5O. The van der Waals surface area contributed by atoms with Crippen LogP contribution in [0.15, 0.2) is 0 Å². The van der Waals surface area contributed by atoms with Crippen molar-refractivity contribution >= 4 is 5.91 Å². The van der Waals surface area contributed by atoms with Gasteiger partial charge in [0.15, 0.2) is 0 Å². The van der Waals surface area contributed by atoms with E-state index in [4.69, 9.17) is 0 Å². The van der Waals surface area contributed by atoms with E-state index in [9.17, 15) is 4.79 Å². The van der Waals surface area contributed by atoms with Crippen molar-refractivity contribution in [3.8, 4) is 0 Å². The van der Waals surface area contributed by atoms with E-state index in [1.165, 1.54) is 38.5 Å². The summed E-state index contributed by atoms with van der Waals surface area (Å²) in [5.41, 5.74) is 0. The fourth-order valence-electron chi connectivity index (χ4n) is 4.67. The molecule has 6 nitrogen and oxygen atoms in total. The quantitative estimate of drug-likeness (QED) is 0.850. The maximum absolute atomic E-state index is 12.6. The Morgan fingerprint density at radius 2 is 1.88 bits per heavy atom. The van der Waals surface area contributed by atoms with Gasteiger partial charge in [0.25, 0.3) is 0 Å². The van der Waals surface area contributed by atoms with Crippen LogP contribution in [-0.4, -0.2) is 57.2 Å². The van der Waals surface area contributed by atoms with Crippen LogP contribution in [0.1, 0.15) is 62.6 Å². The summed E-state index contributed by atoms with van der Waals surface area (Å²) in [4.78, 5) is 17.1. The third-order valence-corrected chi connectivity index (χ3v) is 6.16. The second kappa shape index (κ2) is 6.82. The highest BCUT2D eigenvalue weighted by Gasteiger charge is 2.30. The molecule has 0 aromatic carbocycles. The molecule has 1 amide bonds. The smallest absolute Gasteiger partial charge is 0.222 e. The SMILES string of the molecule is CN1CCC[C@H]1c1nnc2n1CCN(C(=O)CC1CCCC1)CC2. The average molecular weight is 331 g/mol. The Bertz CT molecular complexity index is 592. The number of amides is 1. The van der Waals surface area contributed by atoms with Crippen LogP contribution in [0.3, 0.4) is 0 Å². The van der Waals surface area contributed by atoms with E-state index in [1.807, 2.05) is 0 Å². The van der Waals surface area contributed by atoms with Gasteiger partial charge in [0.05, 0.1) is 6.04 Å². The van der Waals surface area contributed by atoms with Crippen molar-refractivity contribution in [2.75, 3.05) is 26.7 Å². The monoisotopic (exact) mass is 331 g/mol. The lowest BCUT2D eigenvalue weighted by atomic mass is 10.0. The van der Waals surface area contributed by atoms with Gasteiger partial charge in [-0.3, -0.25) is 9.69 Å². The van der Waals surface area contributed by atoms with Gasteiger partial charge in [-0.1, -0.05) is 12.8 Å². The number of likely N-dealkylation sites (tertiary alicyclic amines) is 1. The Morgan fingerprint density at radius 3 is 2.62 bits per heavy atom. The minimum absolute atomic E-state index is 0.347. The zero-order valence-electron chi connectivity index (χ0n) is 14.8. The van der Waals surface area contributed by atoms with Gasteiger partial charge in [0, 0.05) is 32.5 Å². The summed E-state index contributed by atoms with van der Waals surface area (Å²) < 4.78 is 2.29. The van der Waals surface area contributed by atoms with Crippen LogP contribution in [0.5, 0.6) is 0 Å². The van der Waals surface area contributed by atoms with Crippen molar-refractivity contribution in [2.24, 2.45) is 5.92 Å². The second-order valence-corrected chi connectivity index (χ2v) is 7.75. The van der Waals surface area contributed by atoms with Crippen LogP contribution in [0.4, 0.5) is 0 Å². The van der Waals surface area contributed by atoms with E-state index in [-0.39, 0.29) is 0 Å². The number of fused-ring (bicyclic) bond motifs is 1.